The summed E-state index contributed by atoms with van der Waals surface area (Å²) < 4.78 is 0. The first kappa shape index (κ1) is 13.6. The van der Waals surface area contributed by atoms with Crippen LogP contribution in [0.3, 0.4) is 0 Å². The number of aliphatic hydroxyl groups excluding tert-OH is 1. The van der Waals surface area contributed by atoms with Crippen molar-refractivity contribution in [3.63, 3.8) is 0 Å². The van der Waals surface area contributed by atoms with Gasteiger partial charge in [-0.2, -0.15) is 0 Å². The molecule has 100 valence electrons. The van der Waals surface area contributed by atoms with Gasteiger partial charge in [-0.05, 0) is 57.1 Å². The van der Waals surface area contributed by atoms with Crippen molar-refractivity contribution in [2.45, 2.75) is 51.2 Å². The zero-order chi connectivity index (χ0) is 12.8. The normalized spacial score (nSPS) is 25.9. The van der Waals surface area contributed by atoms with Gasteiger partial charge >= 0.3 is 0 Å². The van der Waals surface area contributed by atoms with Crippen molar-refractivity contribution in [1.82, 2.24) is 5.32 Å². The maximum atomic E-state index is 9.48. The van der Waals surface area contributed by atoms with Crippen LogP contribution in [0.5, 0.6) is 0 Å². The Morgan fingerprint density at radius 2 is 1.83 bits per heavy atom. The highest BCUT2D eigenvalue weighted by Crippen LogP contribution is 2.23. The standard InChI is InChI=1S/C16H25NO/c1-13(11-14-5-3-2-4-6-14)17-12-15-7-9-16(18)10-8-15/h2-6,13,15-18H,7-12H2,1H3. The highest BCUT2D eigenvalue weighted by molar-refractivity contribution is 5.15. The molecule has 2 N–H and O–H groups in total. The van der Waals surface area contributed by atoms with Crippen molar-refractivity contribution >= 4 is 0 Å². The van der Waals surface area contributed by atoms with Crippen LogP contribution in [-0.2, 0) is 6.42 Å². The molecule has 0 heterocycles. The minimum atomic E-state index is -0.0389. The van der Waals surface area contributed by atoms with E-state index in [4.69, 9.17) is 0 Å². The second kappa shape index (κ2) is 6.91. The largest absolute Gasteiger partial charge is 0.393 e. The Balaban J connectivity index is 1.67. The minimum Gasteiger partial charge on any atom is -0.393 e. The molecular weight excluding hydrogens is 222 g/mol. The number of rotatable bonds is 5. The van der Waals surface area contributed by atoms with Crippen molar-refractivity contribution in [2.75, 3.05) is 6.54 Å². The van der Waals surface area contributed by atoms with E-state index in [1.165, 1.54) is 18.4 Å². The monoisotopic (exact) mass is 247 g/mol. The third-order valence-corrected chi connectivity index (χ3v) is 3.96. The van der Waals surface area contributed by atoms with Crippen LogP contribution in [0.4, 0.5) is 0 Å². The number of aliphatic hydroxyl groups is 1. The number of hydrogen-bond donors (Lipinski definition) is 2. The molecule has 18 heavy (non-hydrogen) atoms. The van der Waals surface area contributed by atoms with E-state index in [0.29, 0.717) is 6.04 Å². The second-order valence-corrected chi connectivity index (χ2v) is 5.67. The average Bonchev–Trinajstić information content (AvgIpc) is 2.39. The lowest BCUT2D eigenvalue weighted by atomic mass is 9.87. The van der Waals surface area contributed by atoms with E-state index in [0.717, 1.165) is 31.7 Å². The van der Waals surface area contributed by atoms with E-state index >= 15 is 0 Å². The Morgan fingerprint density at radius 3 is 2.50 bits per heavy atom. The molecule has 1 fully saturated rings. The van der Waals surface area contributed by atoms with E-state index < -0.39 is 0 Å². The number of nitrogens with one attached hydrogen (secondary N) is 1. The fraction of sp³-hybridized carbons (Fsp3) is 0.625. The van der Waals surface area contributed by atoms with Crippen LogP contribution in [0.25, 0.3) is 0 Å². The molecular formula is C16H25NO. The predicted octanol–water partition coefficient (Wildman–Crippen LogP) is 2.76. The summed E-state index contributed by atoms with van der Waals surface area (Å²) >= 11 is 0. The van der Waals surface area contributed by atoms with Gasteiger partial charge in [-0.25, -0.2) is 0 Å². The summed E-state index contributed by atoms with van der Waals surface area (Å²) in [5, 5.41) is 13.1. The van der Waals surface area contributed by atoms with Gasteiger partial charge in [0.15, 0.2) is 0 Å². The average molecular weight is 247 g/mol. The van der Waals surface area contributed by atoms with Crippen LogP contribution in [0.15, 0.2) is 30.3 Å². The van der Waals surface area contributed by atoms with Gasteiger partial charge in [-0.15, -0.1) is 0 Å². The Morgan fingerprint density at radius 1 is 1.17 bits per heavy atom. The highest BCUT2D eigenvalue weighted by Gasteiger charge is 2.19. The zero-order valence-corrected chi connectivity index (χ0v) is 11.3. The molecule has 0 aromatic heterocycles. The molecule has 1 aliphatic rings. The molecule has 1 unspecified atom stereocenters. The van der Waals surface area contributed by atoms with Gasteiger partial charge in [0, 0.05) is 6.04 Å². The van der Waals surface area contributed by atoms with Crippen LogP contribution in [-0.4, -0.2) is 23.8 Å². The first-order chi connectivity index (χ1) is 8.74. The summed E-state index contributed by atoms with van der Waals surface area (Å²) in [6.45, 7) is 3.35. The molecule has 0 spiro atoms. The highest BCUT2D eigenvalue weighted by atomic mass is 16.3. The molecule has 1 aliphatic carbocycles. The van der Waals surface area contributed by atoms with Crippen molar-refractivity contribution in [3.05, 3.63) is 35.9 Å². The molecule has 0 bridgehead atoms. The summed E-state index contributed by atoms with van der Waals surface area (Å²) in [4.78, 5) is 0. The predicted molar refractivity (Wildman–Crippen MR) is 75.6 cm³/mol. The van der Waals surface area contributed by atoms with Gasteiger partial charge in [0.25, 0.3) is 0 Å². The molecule has 2 rings (SSSR count). The van der Waals surface area contributed by atoms with E-state index in [9.17, 15) is 5.11 Å². The molecule has 2 nitrogen and oxygen atoms in total. The number of benzene rings is 1. The molecule has 0 saturated heterocycles. The van der Waals surface area contributed by atoms with Crippen LogP contribution in [0, 0.1) is 5.92 Å². The van der Waals surface area contributed by atoms with Gasteiger partial charge in [0.2, 0.25) is 0 Å². The first-order valence-electron chi connectivity index (χ1n) is 7.19. The van der Waals surface area contributed by atoms with Gasteiger partial charge in [0.05, 0.1) is 6.10 Å². The van der Waals surface area contributed by atoms with Gasteiger partial charge in [-0.3, -0.25) is 0 Å². The molecule has 0 aliphatic heterocycles. The topological polar surface area (TPSA) is 32.3 Å². The van der Waals surface area contributed by atoms with Gasteiger partial charge < -0.3 is 10.4 Å². The van der Waals surface area contributed by atoms with Crippen LogP contribution in [0.1, 0.15) is 38.2 Å². The van der Waals surface area contributed by atoms with Crippen LogP contribution >= 0.6 is 0 Å². The van der Waals surface area contributed by atoms with Crippen molar-refractivity contribution in [2.24, 2.45) is 5.92 Å². The third kappa shape index (κ3) is 4.43. The summed E-state index contributed by atoms with van der Waals surface area (Å²) in [6.07, 6.45) is 5.37. The molecule has 0 amide bonds. The SMILES string of the molecule is CC(Cc1ccccc1)NCC1CCC(O)CC1. The van der Waals surface area contributed by atoms with Gasteiger partial charge in [0.1, 0.15) is 0 Å². The molecule has 1 atom stereocenters. The summed E-state index contributed by atoms with van der Waals surface area (Å²) in [5.74, 6) is 0.756. The van der Waals surface area contributed by atoms with Crippen molar-refractivity contribution in [3.8, 4) is 0 Å². The quantitative estimate of drug-likeness (QED) is 0.838. The molecule has 2 heteroatoms. The molecule has 1 aromatic rings. The maximum absolute atomic E-state index is 9.48. The molecule has 1 saturated carbocycles. The Bertz CT molecular complexity index is 330. The van der Waals surface area contributed by atoms with Gasteiger partial charge in [-0.1, -0.05) is 30.3 Å². The van der Waals surface area contributed by atoms with Crippen LogP contribution in [0.2, 0.25) is 0 Å². The maximum Gasteiger partial charge on any atom is 0.0540 e. The fourth-order valence-electron chi connectivity index (χ4n) is 2.76. The van der Waals surface area contributed by atoms with E-state index in [-0.39, 0.29) is 6.10 Å². The Labute approximate surface area is 110 Å². The summed E-state index contributed by atoms with van der Waals surface area (Å²) in [6, 6.07) is 11.2. The fourth-order valence-corrected chi connectivity index (χ4v) is 2.76. The minimum absolute atomic E-state index is 0.0389. The lowest BCUT2D eigenvalue weighted by molar-refractivity contribution is 0.108. The first-order valence-corrected chi connectivity index (χ1v) is 7.19. The second-order valence-electron chi connectivity index (χ2n) is 5.67. The van der Waals surface area contributed by atoms with Crippen molar-refractivity contribution in [1.29, 1.82) is 0 Å². The Kier molecular flexibility index (Phi) is 5.21. The third-order valence-electron chi connectivity index (χ3n) is 3.96. The zero-order valence-electron chi connectivity index (χ0n) is 11.3. The lowest BCUT2D eigenvalue weighted by Crippen LogP contribution is -2.34. The van der Waals surface area contributed by atoms with E-state index in [2.05, 4.69) is 42.6 Å². The number of hydrogen-bond acceptors (Lipinski definition) is 2. The molecule has 1 aromatic carbocycles. The van der Waals surface area contributed by atoms with Crippen molar-refractivity contribution < 1.29 is 5.11 Å². The van der Waals surface area contributed by atoms with E-state index in [1.807, 2.05) is 0 Å². The lowest BCUT2D eigenvalue weighted by Gasteiger charge is -2.27. The smallest absolute Gasteiger partial charge is 0.0540 e. The van der Waals surface area contributed by atoms with E-state index in [1.54, 1.807) is 0 Å². The Hall–Kier alpha value is -0.860. The summed E-state index contributed by atoms with van der Waals surface area (Å²) in [7, 11) is 0. The van der Waals surface area contributed by atoms with Crippen LogP contribution < -0.4 is 5.32 Å². The molecule has 0 radical (unpaired) electrons. The summed E-state index contributed by atoms with van der Waals surface area (Å²) in [5.41, 5.74) is 1.40.